The van der Waals surface area contributed by atoms with Gasteiger partial charge in [0.25, 0.3) is 0 Å². The second-order valence-electron chi connectivity index (χ2n) is 8.30. The van der Waals surface area contributed by atoms with E-state index in [1.807, 2.05) is 31.1 Å². The van der Waals surface area contributed by atoms with Gasteiger partial charge in [0.05, 0.1) is 10.7 Å². The summed E-state index contributed by atoms with van der Waals surface area (Å²) in [5.74, 6) is 0.622. The summed E-state index contributed by atoms with van der Waals surface area (Å²) in [5, 5.41) is 10.6. The van der Waals surface area contributed by atoms with Crippen molar-refractivity contribution in [1.82, 2.24) is 15.5 Å². The number of carbonyl (C=O) groups is 2. The van der Waals surface area contributed by atoms with E-state index in [0.717, 1.165) is 44.2 Å². The molecule has 1 fully saturated rings. The van der Waals surface area contributed by atoms with Gasteiger partial charge in [0, 0.05) is 39.5 Å². The molecule has 2 N–H and O–H groups in total. The average Bonchev–Trinajstić information content (AvgIpc) is 3.06. The third-order valence-corrected chi connectivity index (χ3v) is 5.85. The van der Waals surface area contributed by atoms with E-state index in [1.54, 1.807) is 6.07 Å². The highest BCUT2D eigenvalue weighted by atomic mass is 35.5. The molecule has 1 heterocycles. The lowest BCUT2D eigenvalue weighted by atomic mass is 9.89. The molecule has 3 rings (SSSR count). The van der Waals surface area contributed by atoms with Crippen LogP contribution in [0, 0.1) is 0 Å². The summed E-state index contributed by atoms with van der Waals surface area (Å²) in [6.45, 7) is 1.51. The monoisotopic (exact) mass is 447 g/mol. The fraction of sp³-hybridized carbons (Fsp3) is 0.545. The molecule has 0 atom stereocenters. The van der Waals surface area contributed by atoms with E-state index in [2.05, 4.69) is 20.8 Å². The number of amides is 2. The van der Waals surface area contributed by atoms with E-state index in [1.165, 1.54) is 6.92 Å². The molecule has 2 amide bonds. The summed E-state index contributed by atoms with van der Waals surface area (Å²) in [7, 11) is 3.81. The summed E-state index contributed by atoms with van der Waals surface area (Å²) in [6, 6.07) is 5.40. The van der Waals surface area contributed by atoms with Crippen LogP contribution in [0.4, 0.5) is 11.4 Å². The van der Waals surface area contributed by atoms with Crippen LogP contribution in [0.1, 0.15) is 63.6 Å². The maximum absolute atomic E-state index is 12.4. The fourth-order valence-electron chi connectivity index (χ4n) is 4.02. The maximum Gasteiger partial charge on any atom is 0.227 e. The van der Waals surface area contributed by atoms with Gasteiger partial charge in [-0.3, -0.25) is 9.59 Å². The molecule has 0 bridgehead atoms. The molecule has 1 aromatic heterocycles. The number of aromatic nitrogens is 2. The summed E-state index contributed by atoms with van der Waals surface area (Å²) in [5.41, 5.74) is 0.927. The first-order valence-electron chi connectivity index (χ1n) is 10.7. The Kier molecular flexibility index (Phi) is 7.54. The van der Waals surface area contributed by atoms with E-state index < -0.39 is 5.54 Å². The van der Waals surface area contributed by atoms with Crippen LogP contribution in [0.3, 0.4) is 0 Å². The number of nitrogens with one attached hydrogen (secondary N) is 2. The molecule has 31 heavy (non-hydrogen) atoms. The zero-order chi connectivity index (χ0) is 22.4. The van der Waals surface area contributed by atoms with Crippen LogP contribution in [0.5, 0.6) is 0 Å². The smallest absolute Gasteiger partial charge is 0.227 e. The molecular weight excluding hydrogens is 418 g/mol. The zero-order valence-electron chi connectivity index (χ0n) is 18.3. The SMILES string of the molecule is CC(=O)NC1(c2noc(CCC(=O)Nc3ccc(N(C)C)c(Cl)c3)n2)CCCCCC1. The summed E-state index contributed by atoms with van der Waals surface area (Å²) in [4.78, 5) is 30.6. The third-order valence-electron chi connectivity index (χ3n) is 5.55. The van der Waals surface area contributed by atoms with Crippen molar-refractivity contribution in [2.45, 2.75) is 63.8 Å². The second-order valence-corrected chi connectivity index (χ2v) is 8.71. The molecule has 0 spiro atoms. The molecule has 0 aliphatic heterocycles. The lowest BCUT2D eigenvalue weighted by Crippen LogP contribution is -2.45. The van der Waals surface area contributed by atoms with Crippen molar-refractivity contribution in [1.29, 1.82) is 0 Å². The van der Waals surface area contributed by atoms with E-state index in [9.17, 15) is 9.59 Å². The molecule has 1 aliphatic rings. The Labute approximate surface area is 187 Å². The minimum absolute atomic E-state index is 0.105. The Bertz CT molecular complexity index is 920. The van der Waals surface area contributed by atoms with Gasteiger partial charge in [-0.2, -0.15) is 4.98 Å². The van der Waals surface area contributed by atoms with Crippen LogP contribution in [-0.4, -0.2) is 36.1 Å². The molecule has 9 heteroatoms. The van der Waals surface area contributed by atoms with Crippen LogP contribution in [0.15, 0.2) is 22.7 Å². The number of hydrogen-bond donors (Lipinski definition) is 2. The topological polar surface area (TPSA) is 100 Å². The lowest BCUT2D eigenvalue weighted by Gasteiger charge is -2.30. The molecule has 0 unspecified atom stereocenters. The average molecular weight is 448 g/mol. The molecule has 8 nitrogen and oxygen atoms in total. The van der Waals surface area contributed by atoms with Crippen molar-refractivity contribution in [3.8, 4) is 0 Å². The normalized spacial score (nSPS) is 15.7. The lowest BCUT2D eigenvalue weighted by molar-refractivity contribution is -0.121. The van der Waals surface area contributed by atoms with Gasteiger partial charge in [0.1, 0.15) is 5.54 Å². The van der Waals surface area contributed by atoms with E-state index in [0.29, 0.717) is 28.8 Å². The number of halogens is 1. The Morgan fingerprint density at radius 3 is 2.52 bits per heavy atom. The zero-order valence-corrected chi connectivity index (χ0v) is 19.1. The predicted octanol–water partition coefficient (Wildman–Crippen LogP) is 4.05. The number of nitrogens with zero attached hydrogens (tertiary/aromatic N) is 3. The van der Waals surface area contributed by atoms with E-state index >= 15 is 0 Å². The van der Waals surface area contributed by atoms with Crippen molar-refractivity contribution < 1.29 is 14.1 Å². The Balaban J connectivity index is 1.62. The number of anilines is 2. The number of carbonyl (C=O) groups excluding carboxylic acids is 2. The second kappa shape index (κ2) is 10.1. The van der Waals surface area contributed by atoms with Crippen molar-refractivity contribution in [2.24, 2.45) is 0 Å². The van der Waals surface area contributed by atoms with Crippen LogP contribution in [0.25, 0.3) is 0 Å². The minimum atomic E-state index is -0.586. The Morgan fingerprint density at radius 2 is 1.90 bits per heavy atom. The van der Waals surface area contributed by atoms with Crippen LogP contribution < -0.4 is 15.5 Å². The Hall–Kier alpha value is -2.61. The predicted molar refractivity (Wildman–Crippen MR) is 120 cm³/mol. The quantitative estimate of drug-likeness (QED) is 0.621. The fourth-order valence-corrected chi connectivity index (χ4v) is 4.37. The van der Waals surface area contributed by atoms with Crippen LogP contribution >= 0.6 is 11.6 Å². The molecule has 168 valence electrons. The highest BCUT2D eigenvalue weighted by Gasteiger charge is 2.38. The van der Waals surface area contributed by atoms with Crippen molar-refractivity contribution in [2.75, 3.05) is 24.3 Å². The highest BCUT2D eigenvalue weighted by molar-refractivity contribution is 6.33. The molecule has 1 saturated carbocycles. The van der Waals surface area contributed by atoms with Crippen molar-refractivity contribution in [3.63, 3.8) is 0 Å². The highest BCUT2D eigenvalue weighted by Crippen LogP contribution is 2.34. The van der Waals surface area contributed by atoms with Crippen LogP contribution in [0.2, 0.25) is 5.02 Å². The maximum atomic E-state index is 12.4. The molecular formula is C22H30ClN5O3. The Morgan fingerprint density at radius 1 is 1.19 bits per heavy atom. The van der Waals surface area contributed by atoms with Crippen molar-refractivity contribution >= 4 is 34.8 Å². The number of benzene rings is 1. The first-order chi connectivity index (χ1) is 14.8. The van der Waals surface area contributed by atoms with Gasteiger partial charge in [0.15, 0.2) is 5.82 Å². The van der Waals surface area contributed by atoms with E-state index in [-0.39, 0.29) is 18.2 Å². The van der Waals surface area contributed by atoms with Gasteiger partial charge >= 0.3 is 0 Å². The van der Waals surface area contributed by atoms with Gasteiger partial charge in [-0.25, -0.2) is 0 Å². The first kappa shape index (κ1) is 23.1. The molecule has 1 aliphatic carbocycles. The molecule has 0 radical (unpaired) electrons. The number of aryl methyl sites for hydroxylation is 1. The van der Waals surface area contributed by atoms with Gasteiger partial charge in [-0.1, -0.05) is 42.4 Å². The van der Waals surface area contributed by atoms with Gasteiger partial charge in [-0.15, -0.1) is 0 Å². The first-order valence-corrected chi connectivity index (χ1v) is 11.1. The van der Waals surface area contributed by atoms with E-state index in [4.69, 9.17) is 16.1 Å². The van der Waals surface area contributed by atoms with Crippen molar-refractivity contribution in [3.05, 3.63) is 34.9 Å². The largest absolute Gasteiger partial charge is 0.376 e. The number of hydrogen-bond acceptors (Lipinski definition) is 6. The summed E-state index contributed by atoms with van der Waals surface area (Å²) in [6.07, 6.45) is 6.35. The molecule has 0 saturated heterocycles. The van der Waals surface area contributed by atoms with Gasteiger partial charge in [-0.05, 0) is 31.0 Å². The molecule has 2 aromatic rings. The number of rotatable bonds is 7. The standard InChI is InChI=1S/C22H30ClN5O3/c1-15(29)26-22(12-6-4-5-7-13-22)21-25-20(31-27-21)11-10-19(30)24-16-8-9-18(28(2)3)17(23)14-16/h8-9,14H,4-7,10-13H2,1-3H3,(H,24,30)(H,26,29). The van der Waals surface area contributed by atoms with Crippen LogP contribution in [-0.2, 0) is 21.5 Å². The summed E-state index contributed by atoms with van der Waals surface area (Å²) >= 11 is 6.26. The minimum Gasteiger partial charge on any atom is -0.376 e. The van der Waals surface area contributed by atoms with Gasteiger partial charge in [0.2, 0.25) is 17.7 Å². The van der Waals surface area contributed by atoms with Gasteiger partial charge < -0.3 is 20.1 Å². The molecule has 1 aromatic carbocycles. The summed E-state index contributed by atoms with van der Waals surface area (Å²) < 4.78 is 5.41. The third kappa shape index (κ3) is 5.97.